The number of rotatable bonds is 3. The number of anilines is 2. The van der Waals surface area contributed by atoms with Gasteiger partial charge in [-0.15, -0.1) is 0 Å². The van der Waals surface area contributed by atoms with Gasteiger partial charge in [-0.1, -0.05) is 12.1 Å². The monoisotopic (exact) mass is 242 g/mol. The first-order chi connectivity index (χ1) is 7.32. The molecule has 1 unspecified atom stereocenters. The molecular weight excluding hydrogens is 228 g/mol. The summed E-state index contributed by atoms with van der Waals surface area (Å²) in [5.74, 6) is -0.583. The summed E-state index contributed by atoms with van der Waals surface area (Å²) < 4.78 is 22.3. The van der Waals surface area contributed by atoms with Crippen LogP contribution < -0.4 is 11.1 Å². The number of nitrogen functional groups attached to an aromatic ring is 1. The summed E-state index contributed by atoms with van der Waals surface area (Å²) in [7, 11) is -3.39. The Hall–Kier alpha value is -1.56. The van der Waals surface area contributed by atoms with E-state index in [1.165, 1.54) is 6.92 Å². The van der Waals surface area contributed by atoms with Gasteiger partial charge in [-0.25, -0.2) is 8.42 Å². The lowest BCUT2D eigenvalue weighted by Crippen LogP contribution is -2.32. The van der Waals surface area contributed by atoms with E-state index in [-0.39, 0.29) is 0 Å². The van der Waals surface area contributed by atoms with Crippen molar-refractivity contribution in [1.29, 1.82) is 0 Å². The van der Waals surface area contributed by atoms with E-state index in [2.05, 4.69) is 5.32 Å². The van der Waals surface area contributed by atoms with Crippen molar-refractivity contribution in [3.63, 3.8) is 0 Å². The van der Waals surface area contributed by atoms with Crippen molar-refractivity contribution in [1.82, 2.24) is 0 Å². The fourth-order valence-electron chi connectivity index (χ4n) is 1.04. The summed E-state index contributed by atoms with van der Waals surface area (Å²) in [5, 5.41) is 1.38. The number of benzene rings is 1. The second-order valence-electron chi connectivity index (χ2n) is 3.55. The zero-order valence-corrected chi connectivity index (χ0v) is 9.91. The number of sulfone groups is 1. The number of amides is 1. The van der Waals surface area contributed by atoms with Crippen LogP contribution in [0.5, 0.6) is 0 Å². The number of hydrogen-bond donors (Lipinski definition) is 2. The Bertz CT molecular complexity index is 497. The SMILES string of the molecule is CC(C(=O)Nc1ccccc1N)S(C)(=O)=O. The van der Waals surface area contributed by atoms with Gasteiger partial charge in [0.05, 0.1) is 11.4 Å². The van der Waals surface area contributed by atoms with Gasteiger partial charge in [-0.2, -0.15) is 0 Å². The van der Waals surface area contributed by atoms with Crippen molar-refractivity contribution in [2.45, 2.75) is 12.2 Å². The molecule has 0 fully saturated rings. The van der Waals surface area contributed by atoms with Gasteiger partial charge in [0.25, 0.3) is 0 Å². The lowest BCUT2D eigenvalue weighted by atomic mass is 10.2. The van der Waals surface area contributed by atoms with E-state index in [0.717, 1.165) is 6.26 Å². The molecule has 1 aromatic carbocycles. The van der Waals surface area contributed by atoms with E-state index in [4.69, 9.17) is 5.73 Å². The van der Waals surface area contributed by atoms with Gasteiger partial charge in [0, 0.05) is 6.26 Å². The average molecular weight is 242 g/mol. The number of nitrogens with one attached hydrogen (secondary N) is 1. The van der Waals surface area contributed by atoms with Gasteiger partial charge in [-0.3, -0.25) is 4.79 Å². The molecule has 0 aliphatic heterocycles. The molecule has 1 rings (SSSR count). The Morgan fingerprint density at radius 2 is 1.94 bits per heavy atom. The zero-order valence-electron chi connectivity index (χ0n) is 9.10. The Balaban J connectivity index is 2.84. The van der Waals surface area contributed by atoms with Gasteiger partial charge < -0.3 is 11.1 Å². The van der Waals surface area contributed by atoms with Crippen LogP contribution in [0.4, 0.5) is 11.4 Å². The minimum Gasteiger partial charge on any atom is -0.397 e. The molecule has 0 aromatic heterocycles. The molecule has 0 aliphatic carbocycles. The smallest absolute Gasteiger partial charge is 0.242 e. The van der Waals surface area contributed by atoms with E-state index < -0.39 is 21.0 Å². The highest BCUT2D eigenvalue weighted by Gasteiger charge is 2.23. The van der Waals surface area contributed by atoms with Crippen LogP contribution in [0.2, 0.25) is 0 Å². The van der Waals surface area contributed by atoms with E-state index in [9.17, 15) is 13.2 Å². The third-order valence-corrected chi connectivity index (χ3v) is 3.73. The molecular formula is C10H14N2O3S. The van der Waals surface area contributed by atoms with Crippen molar-refractivity contribution in [3.8, 4) is 0 Å². The van der Waals surface area contributed by atoms with E-state index in [0.29, 0.717) is 11.4 Å². The molecule has 0 bridgehead atoms. The molecule has 0 saturated carbocycles. The molecule has 0 heterocycles. The van der Waals surface area contributed by atoms with E-state index in [1.54, 1.807) is 24.3 Å². The molecule has 1 amide bonds. The van der Waals surface area contributed by atoms with Crippen LogP contribution in [0.1, 0.15) is 6.92 Å². The summed E-state index contributed by atoms with van der Waals surface area (Å²) in [6.07, 6.45) is 1.02. The van der Waals surface area contributed by atoms with Gasteiger partial charge in [0.2, 0.25) is 5.91 Å². The molecule has 0 saturated heterocycles. The summed E-state index contributed by atoms with van der Waals surface area (Å²) in [4.78, 5) is 11.6. The standard InChI is InChI=1S/C10H14N2O3S/c1-7(16(2,14)15)10(13)12-9-6-4-3-5-8(9)11/h3-7H,11H2,1-2H3,(H,12,13). The Morgan fingerprint density at radius 1 is 1.38 bits per heavy atom. The van der Waals surface area contributed by atoms with Crippen molar-refractivity contribution >= 4 is 27.1 Å². The second-order valence-corrected chi connectivity index (χ2v) is 5.91. The molecule has 1 atom stereocenters. The van der Waals surface area contributed by atoms with Crippen LogP contribution in [-0.2, 0) is 14.6 Å². The molecule has 1 aromatic rings. The van der Waals surface area contributed by atoms with Crippen molar-refractivity contribution in [2.75, 3.05) is 17.3 Å². The van der Waals surface area contributed by atoms with Crippen molar-refractivity contribution in [3.05, 3.63) is 24.3 Å². The van der Waals surface area contributed by atoms with Crippen molar-refractivity contribution in [2.24, 2.45) is 0 Å². The Kier molecular flexibility index (Phi) is 3.54. The summed E-state index contributed by atoms with van der Waals surface area (Å²) in [5.41, 5.74) is 6.43. The highest BCUT2D eigenvalue weighted by Crippen LogP contribution is 2.17. The summed E-state index contributed by atoms with van der Waals surface area (Å²) in [6.45, 7) is 1.34. The van der Waals surface area contributed by atoms with E-state index >= 15 is 0 Å². The van der Waals surface area contributed by atoms with Crippen LogP contribution in [0.3, 0.4) is 0 Å². The number of carbonyl (C=O) groups is 1. The predicted molar refractivity (Wildman–Crippen MR) is 63.8 cm³/mol. The zero-order chi connectivity index (χ0) is 12.3. The fourth-order valence-corrected chi connectivity index (χ4v) is 1.49. The maximum Gasteiger partial charge on any atom is 0.242 e. The number of para-hydroxylation sites is 2. The van der Waals surface area contributed by atoms with E-state index in [1.807, 2.05) is 0 Å². The minimum absolute atomic E-state index is 0.400. The lowest BCUT2D eigenvalue weighted by molar-refractivity contribution is -0.115. The first kappa shape index (κ1) is 12.5. The Morgan fingerprint density at radius 3 is 2.44 bits per heavy atom. The van der Waals surface area contributed by atoms with Crippen molar-refractivity contribution < 1.29 is 13.2 Å². The normalized spacial score (nSPS) is 13.1. The number of carbonyl (C=O) groups excluding carboxylic acids is 1. The summed E-state index contributed by atoms with van der Waals surface area (Å²) in [6, 6.07) is 6.67. The van der Waals surface area contributed by atoms with Crippen LogP contribution in [0.15, 0.2) is 24.3 Å². The largest absolute Gasteiger partial charge is 0.397 e. The molecule has 3 N–H and O–H groups in total. The molecule has 6 heteroatoms. The molecule has 0 spiro atoms. The third kappa shape index (κ3) is 2.96. The van der Waals surface area contributed by atoms with Crippen LogP contribution in [0, 0.1) is 0 Å². The van der Waals surface area contributed by atoms with Crippen LogP contribution >= 0.6 is 0 Å². The molecule has 88 valence electrons. The van der Waals surface area contributed by atoms with Gasteiger partial charge in [-0.05, 0) is 19.1 Å². The van der Waals surface area contributed by atoms with Crippen LogP contribution in [0.25, 0.3) is 0 Å². The predicted octanol–water partition coefficient (Wildman–Crippen LogP) is 0.640. The van der Waals surface area contributed by atoms with Crippen LogP contribution in [-0.4, -0.2) is 25.8 Å². The fraction of sp³-hybridized carbons (Fsp3) is 0.300. The first-order valence-electron chi connectivity index (χ1n) is 4.66. The molecule has 16 heavy (non-hydrogen) atoms. The van der Waals surface area contributed by atoms with Gasteiger partial charge in [0.1, 0.15) is 5.25 Å². The Labute approximate surface area is 94.6 Å². The van der Waals surface area contributed by atoms with Gasteiger partial charge in [0.15, 0.2) is 9.84 Å². The molecule has 5 nitrogen and oxygen atoms in total. The third-order valence-electron chi connectivity index (χ3n) is 2.23. The maximum absolute atomic E-state index is 11.6. The topological polar surface area (TPSA) is 89.3 Å². The molecule has 0 aliphatic rings. The van der Waals surface area contributed by atoms with Gasteiger partial charge >= 0.3 is 0 Å². The highest BCUT2D eigenvalue weighted by atomic mass is 32.2. The number of nitrogens with two attached hydrogens (primary N) is 1. The highest BCUT2D eigenvalue weighted by molar-refractivity contribution is 7.92. The quantitative estimate of drug-likeness (QED) is 0.761. The first-order valence-corrected chi connectivity index (χ1v) is 6.62. The average Bonchev–Trinajstić information content (AvgIpc) is 2.19. The molecule has 0 radical (unpaired) electrons. The lowest BCUT2D eigenvalue weighted by Gasteiger charge is -2.11. The second kappa shape index (κ2) is 4.52. The maximum atomic E-state index is 11.6. The minimum atomic E-state index is -3.39. The summed E-state index contributed by atoms with van der Waals surface area (Å²) >= 11 is 0. The number of hydrogen-bond acceptors (Lipinski definition) is 4.